The molecule has 144 valence electrons. The van der Waals surface area contributed by atoms with Crippen LogP contribution in [0.1, 0.15) is 22.7 Å². The Morgan fingerprint density at radius 3 is 2.50 bits per heavy atom. The highest BCUT2D eigenvalue weighted by molar-refractivity contribution is 5.83. The maximum atomic E-state index is 12.8. The van der Waals surface area contributed by atoms with Gasteiger partial charge in [0.2, 0.25) is 5.91 Å². The number of pyridine rings is 2. The van der Waals surface area contributed by atoms with Crippen LogP contribution in [0.3, 0.4) is 0 Å². The first-order valence-electron chi connectivity index (χ1n) is 9.30. The van der Waals surface area contributed by atoms with Crippen molar-refractivity contribution in [2.75, 3.05) is 13.1 Å². The van der Waals surface area contributed by atoms with E-state index in [-0.39, 0.29) is 11.7 Å². The summed E-state index contributed by atoms with van der Waals surface area (Å²) in [5.74, 6) is 0.0204. The number of aromatic hydroxyl groups is 1. The van der Waals surface area contributed by atoms with Crippen LogP contribution >= 0.6 is 0 Å². The Hall–Kier alpha value is -3.25. The highest BCUT2D eigenvalue weighted by Gasteiger charge is 2.20. The molecule has 1 aromatic carbocycles. The molecular weight excluding hydrogens is 352 g/mol. The number of carbonyl (C=O) groups is 1. The third-order valence-electron chi connectivity index (χ3n) is 4.41. The summed E-state index contributed by atoms with van der Waals surface area (Å²) in [4.78, 5) is 20.9. The maximum absolute atomic E-state index is 12.8. The van der Waals surface area contributed by atoms with Crippen LogP contribution in [-0.2, 0) is 17.6 Å². The Morgan fingerprint density at radius 1 is 0.929 bits per heavy atom. The molecule has 0 saturated carbocycles. The van der Waals surface area contributed by atoms with E-state index in [4.69, 9.17) is 0 Å². The van der Waals surface area contributed by atoms with Gasteiger partial charge in [0.05, 0.1) is 0 Å². The quantitative estimate of drug-likeness (QED) is 0.534. The van der Waals surface area contributed by atoms with E-state index in [1.165, 1.54) is 0 Å². The summed E-state index contributed by atoms with van der Waals surface area (Å²) in [7, 11) is 0. The molecule has 2 aromatic heterocycles. The van der Waals surface area contributed by atoms with E-state index in [1.807, 2.05) is 36.5 Å². The number of amides is 1. The van der Waals surface area contributed by atoms with Crippen LogP contribution in [0.2, 0.25) is 0 Å². The predicted octanol–water partition coefficient (Wildman–Crippen LogP) is 2.41. The summed E-state index contributed by atoms with van der Waals surface area (Å²) in [6, 6.07) is 14.0. The number of nitrogens with zero attached hydrogens (tertiary/aromatic N) is 2. The predicted molar refractivity (Wildman–Crippen MR) is 108 cm³/mol. The molecule has 1 atom stereocenters. The molecule has 1 amide bonds. The molecule has 0 bridgehead atoms. The molecule has 0 aliphatic heterocycles. The zero-order chi connectivity index (χ0) is 19.6. The third-order valence-corrected chi connectivity index (χ3v) is 4.41. The van der Waals surface area contributed by atoms with Crippen molar-refractivity contribution in [1.82, 2.24) is 20.6 Å². The summed E-state index contributed by atoms with van der Waals surface area (Å²) < 4.78 is 0. The van der Waals surface area contributed by atoms with Gasteiger partial charge in [0.15, 0.2) is 0 Å². The van der Waals surface area contributed by atoms with E-state index in [2.05, 4.69) is 20.6 Å². The normalized spacial score (nSPS) is 11.7. The van der Waals surface area contributed by atoms with E-state index in [9.17, 15) is 9.90 Å². The number of aromatic nitrogens is 2. The minimum atomic E-state index is -0.541. The minimum Gasteiger partial charge on any atom is -0.508 e. The lowest BCUT2D eigenvalue weighted by Crippen LogP contribution is -2.39. The molecule has 0 spiro atoms. The molecule has 6 heteroatoms. The average molecular weight is 376 g/mol. The first-order chi connectivity index (χ1) is 13.7. The fraction of sp³-hybridized carbons (Fsp3) is 0.227. The molecule has 28 heavy (non-hydrogen) atoms. The fourth-order valence-corrected chi connectivity index (χ4v) is 2.95. The van der Waals surface area contributed by atoms with Crippen molar-refractivity contribution < 1.29 is 9.90 Å². The second kappa shape index (κ2) is 10.2. The smallest absolute Gasteiger partial charge is 0.241 e. The molecule has 3 N–H and O–H groups in total. The van der Waals surface area contributed by atoms with Crippen LogP contribution in [0, 0.1) is 0 Å². The van der Waals surface area contributed by atoms with Gasteiger partial charge in [0.1, 0.15) is 11.8 Å². The Kier molecular flexibility index (Phi) is 7.09. The largest absolute Gasteiger partial charge is 0.508 e. The number of phenols is 1. The zero-order valence-corrected chi connectivity index (χ0v) is 15.6. The van der Waals surface area contributed by atoms with Crippen molar-refractivity contribution in [1.29, 1.82) is 0 Å². The van der Waals surface area contributed by atoms with Crippen LogP contribution in [0.25, 0.3) is 0 Å². The van der Waals surface area contributed by atoms with Crippen LogP contribution < -0.4 is 10.6 Å². The SMILES string of the molecule is O=C(NCCc1ccncc1)C(NCCc1cccnc1)c1cccc(O)c1. The second-order valence-corrected chi connectivity index (χ2v) is 6.49. The molecule has 0 aliphatic carbocycles. The Morgan fingerprint density at radius 2 is 1.75 bits per heavy atom. The lowest BCUT2D eigenvalue weighted by atomic mass is 10.0. The van der Waals surface area contributed by atoms with E-state index in [0.29, 0.717) is 13.1 Å². The van der Waals surface area contributed by atoms with Gasteiger partial charge in [-0.2, -0.15) is 0 Å². The van der Waals surface area contributed by atoms with Gasteiger partial charge in [-0.3, -0.25) is 14.8 Å². The monoisotopic (exact) mass is 376 g/mol. The number of hydrogen-bond donors (Lipinski definition) is 3. The first kappa shape index (κ1) is 19.5. The Labute approximate surface area is 164 Å². The standard InChI is InChI=1S/C22H24N4O2/c27-20-5-1-4-19(15-20)21(25-13-9-18-3-2-10-24-16-18)22(28)26-14-8-17-6-11-23-12-7-17/h1-7,10-12,15-16,21,25,27H,8-9,13-14H2,(H,26,28). The highest BCUT2D eigenvalue weighted by atomic mass is 16.3. The van der Waals surface area contributed by atoms with Crippen molar-refractivity contribution in [2.24, 2.45) is 0 Å². The molecule has 0 aliphatic rings. The van der Waals surface area contributed by atoms with Crippen molar-refractivity contribution in [3.05, 3.63) is 90.0 Å². The average Bonchev–Trinajstić information content (AvgIpc) is 2.72. The molecule has 3 rings (SSSR count). The van der Waals surface area contributed by atoms with Crippen LogP contribution in [0.4, 0.5) is 0 Å². The first-order valence-corrected chi connectivity index (χ1v) is 9.30. The summed E-state index contributed by atoms with van der Waals surface area (Å²) >= 11 is 0. The lowest BCUT2D eigenvalue weighted by molar-refractivity contribution is -0.123. The van der Waals surface area contributed by atoms with Gasteiger partial charge in [-0.1, -0.05) is 18.2 Å². The molecule has 3 aromatic rings. The zero-order valence-electron chi connectivity index (χ0n) is 15.6. The summed E-state index contributed by atoms with van der Waals surface area (Å²) in [5, 5.41) is 16.1. The number of nitrogens with one attached hydrogen (secondary N) is 2. The van der Waals surface area contributed by atoms with Crippen LogP contribution in [0.5, 0.6) is 5.75 Å². The van der Waals surface area contributed by atoms with Gasteiger partial charge in [-0.15, -0.1) is 0 Å². The minimum absolute atomic E-state index is 0.120. The highest BCUT2D eigenvalue weighted by Crippen LogP contribution is 2.18. The van der Waals surface area contributed by atoms with Crippen molar-refractivity contribution in [2.45, 2.75) is 18.9 Å². The van der Waals surface area contributed by atoms with Gasteiger partial charge in [0.25, 0.3) is 0 Å². The molecule has 0 fully saturated rings. The van der Waals surface area contributed by atoms with Crippen LogP contribution in [-0.4, -0.2) is 34.1 Å². The number of rotatable bonds is 9. The maximum Gasteiger partial charge on any atom is 0.241 e. The molecule has 0 saturated heterocycles. The lowest BCUT2D eigenvalue weighted by Gasteiger charge is -2.19. The number of phenolic OH excluding ortho intramolecular Hbond substituents is 1. The fourth-order valence-electron chi connectivity index (χ4n) is 2.95. The second-order valence-electron chi connectivity index (χ2n) is 6.49. The number of benzene rings is 1. The summed E-state index contributed by atoms with van der Waals surface area (Å²) in [6.07, 6.45) is 8.53. The van der Waals surface area contributed by atoms with Crippen LogP contribution in [0.15, 0.2) is 73.3 Å². The van der Waals surface area contributed by atoms with E-state index >= 15 is 0 Å². The van der Waals surface area contributed by atoms with E-state index in [1.54, 1.807) is 36.8 Å². The third kappa shape index (κ3) is 5.89. The molecule has 1 unspecified atom stereocenters. The topological polar surface area (TPSA) is 87.1 Å². The number of carbonyl (C=O) groups excluding carboxylic acids is 1. The Balaban J connectivity index is 1.60. The molecule has 0 radical (unpaired) electrons. The van der Waals surface area contributed by atoms with Gasteiger partial charge in [-0.25, -0.2) is 0 Å². The van der Waals surface area contributed by atoms with Gasteiger partial charge < -0.3 is 15.7 Å². The van der Waals surface area contributed by atoms with Gasteiger partial charge in [-0.05, 0) is 59.9 Å². The molecule has 6 nitrogen and oxygen atoms in total. The summed E-state index contributed by atoms with van der Waals surface area (Å²) in [5.41, 5.74) is 2.95. The molecule has 2 heterocycles. The van der Waals surface area contributed by atoms with Gasteiger partial charge in [0, 0.05) is 37.9 Å². The van der Waals surface area contributed by atoms with E-state index < -0.39 is 6.04 Å². The Bertz CT molecular complexity index is 872. The number of hydrogen-bond acceptors (Lipinski definition) is 5. The van der Waals surface area contributed by atoms with Gasteiger partial charge >= 0.3 is 0 Å². The molecular formula is C22H24N4O2. The van der Waals surface area contributed by atoms with Crippen molar-refractivity contribution in [3.63, 3.8) is 0 Å². The van der Waals surface area contributed by atoms with Crippen molar-refractivity contribution >= 4 is 5.91 Å². The van der Waals surface area contributed by atoms with E-state index in [0.717, 1.165) is 29.5 Å². The van der Waals surface area contributed by atoms with Crippen molar-refractivity contribution in [3.8, 4) is 5.75 Å². The summed E-state index contributed by atoms with van der Waals surface area (Å²) in [6.45, 7) is 1.15.